The number of benzene rings is 2. The molecule has 34 heavy (non-hydrogen) atoms. The van der Waals surface area contributed by atoms with Gasteiger partial charge in [-0.05, 0) is 29.5 Å². The smallest absolute Gasteiger partial charge is 0.227 e. The molecule has 0 saturated heterocycles. The first-order valence-corrected chi connectivity index (χ1v) is 12.4. The van der Waals surface area contributed by atoms with Crippen LogP contribution in [0.1, 0.15) is 24.8 Å². The van der Waals surface area contributed by atoms with Crippen LogP contribution in [0.15, 0.2) is 57.4 Å². The SMILES string of the molecule is CCSc1nnc(NC(=O)CCc2nc(-c3ccc(OCc4ccccc4)c(OC)c3)no2)s1. The number of thioether (sulfide) groups is 1. The van der Waals surface area contributed by atoms with Gasteiger partial charge in [-0.1, -0.05) is 65.5 Å². The molecule has 4 rings (SSSR count). The lowest BCUT2D eigenvalue weighted by Gasteiger charge is -2.11. The maximum atomic E-state index is 12.2. The first kappa shape index (κ1) is 23.7. The third kappa shape index (κ3) is 6.33. The Balaban J connectivity index is 1.33. The second kappa shape index (κ2) is 11.6. The maximum absolute atomic E-state index is 12.2. The predicted molar refractivity (Wildman–Crippen MR) is 130 cm³/mol. The van der Waals surface area contributed by atoms with Gasteiger partial charge in [-0.2, -0.15) is 4.98 Å². The Morgan fingerprint density at radius 2 is 2.00 bits per heavy atom. The first-order chi connectivity index (χ1) is 16.6. The Morgan fingerprint density at radius 3 is 2.79 bits per heavy atom. The van der Waals surface area contributed by atoms with Crippen LogP contribution in [0.4, 0.5) is 5.13 Å². The number of nitrogens with one attached hydrogen (secondary N) is 1. The van der Waals surface area contributed by atoms with Crippen molar-refractivity contribution in [3.63, 3.8) is 0 Å². The molecule has 0 aliphatic rings. The summed E-state index contributed by atoms with van der Waals surface area (Å²) in [5, 5.41) is 15.2. The minimum atomic E-state index is -0.189. The van der Waals surface area contributed by atoms with Gasteiger partial charge in [0.1, 0.15) is 6.61 Å². The van der Waals surface area contributed by atoms with Gasteiger partial charge in [0.15, 0.2) is 15.8 Å². The van der Waals surface area contributed by atoms with E-state index < -0.39 is 0 Å². The number of anilines is 1. The number of hydrogen-bond acceptors (Lipinski definition) is 10. The summed E-state index contributed by atoms with van der Waals surface area (Å²) in [5.41, 5.74) is 1.78. The lowest BCUT2D eigenvalue weighted by molar-refractivity contribution is -0.116. The number of aromatic nitrogens is 4. The van der Waals surface area contributed by atoms with Gasteiger partial charge < -0.3 is 19.3 Å². The Bertz CT molecular complexity index is 1230. The van der Waals surface area contributed by atoms with Crippen molar-refractivity contribution in [1.29, 1.82) is 0 Å². The molecule has 0 aliphatic carbocycles. The van der Waals surface area contributed by atoms with Crippen LogP contribution in [0.5, 0.6) is 11.5 Å². The molecular weight excluding hydrogens is 474 g/mol. The second-order valence-electron chi connectivity index (χ2n) is 7.01. The number of rotatable bonds is 11. The number of carbonyl (C=O) groups excluding carboxylic acids is 1. The Hall–Kier alpha value is -3.44. The van der Waals surface area contributed by atoms with E-state index in [0.717, 1.165) is 21.2 Å². The summed E-state index contributed by atoms with van der Waals surface area (Å²) >= 11 is 2.93. The van der Waals surface area contributed by atoms with Crippen molar-refractivity contribution in [2.24, 2.45) is 0 Å². The highest BCUT2D eigenvalue weighted by Gasteiger charge is 2.15. The molecule has 11 heteroatoms. The fraction of sp³-hybridized carbons (Fsp3) is 0.261. The van der Waals surface area contributed by atoms with Crippen LogP contribution in [0, 0.1) is 0 Å². The molecule has 176 valence electrons. The molecule has 2 aromatic heterocycles. The lowest BCUT2D eigenvalue weighted by atomic mass is 10.2. The van der Waals surface area contributed by atoms with Crippen molar-refractivity contribution in [1.82, 2.24) is 20.3 Å². The van der Waals surface area contributed by atoms with E-state index in [1.54, 1.807) is 24.9 Å². The van der Waals surface area contributed by atoms with E-state index in [-0.39, 0.29) is 12.3 Å². The predicted octanol–water partition coefficient (Wildman–Crippen LogP) is 4.86. The zero-order chi connectivity index (χ0) is 23.8. The van der Waals surface area contributed by atoms with E-state index >= 15 is 0 Å². The van der Waals surface area contributed by atoms with E-state index in [1.807, 2.05) is 49.4 Å². The summed E-state index contributed by atoms with van der Waals surface area (Å²) in [5.74, 6) is 2.67. The fourth-order valence-corrected chi connectivity index (χ4v) is 4.64. The topological polar surface area (TPSA) is 112 Å². The van der Waals surface area contributed by atoms with Crippen LogP contribution in [0.25, 0.3) is 11.4 Å². The first-order valence-electron chi connectivity index (χ1n) is 10.6. The molecule has 2 heterocycles. The van der Waals surface area contributed by atoms with Crippen molar-refractivity contribution in [2.75, 3.05) is 18.2 Å². The minimum Gasteiger partial charge on any atom is -0.493 e. The summed E-state index contributed by atoms with van der Waals surface area (Å²) in [7, 11) is 1.58. The average molecular weight is 498 g/mol. The van der Waals surface area contributed by atoms with Crippen molar-refractivity contribution < 1.29 is 18.8 Å². The van der Waals surface area contributed by atoms with Gasteiger partial charge in [0.05, 0.1) is 7.11 Å². The fourth-order valence-electron chi connectivity index (χ4n) is 2.98. The minimum absolute atomic E-state index is 0.188. The molecule has 4 aromatic rings. The largest absolute Gasteiger partial charge is 0.493 e. The van der Waals surface area contributed by atoms with Crippen LogP contribution < -0.4 is 14.8 Å². The molecule has 1 N–H and O–H groups in total. The highest BCUT2D eigenvalue weighted by atomic mass is 32.2. The third-order valence-corrected chi connectivity index (χ3v) is 6.47. The molecule has 0 spiro atoms. The van der Waals surface area contributed by atoms with E-state index in [4.69, 9.17) is 14.0 Å². The van der Waals surface area contributed by atoms with Gasteiger partial charge in [0, 0.05) is 18.4 Å². The van der Waals surface area contributed by atoms with Crippen LogP contribution in [-0.4, -0.2) is 39.1 Å². The van der Waals surface area contributed by atoms with Crippen molar-refractivity contribution in [3.8, 4) is 22.9 Å². The van der Waals surface area contributed by atoms with E-state index in [2.05, 4.69) is 25.7 Å². The second-order valence-corrected chi connectivity index (χ2v) is 9.49. The standard InChI is InChI=1S/C23H23N5O4S2/c1-3-33-23-27-26-22(34-23)24-19(29)11-12-20-25-21(28-32-20)16-9-10-17(18(13-16)30-2)31-14-15-7-5-4-6-8-15/h4-10,13H,3,11-12,14H2,1-2H3,(H,24,26,29). The highest BCUT2D eigenvalue weighted by molar-refractivity contribution is 8.01. The van der Waals surface area contributed by atoms with Gasteiger partial charge in [-0.25, -0.2) is 0 Å². The van der Waals surface area contributed by atoms with E-state index in [0.29, 0.717) is 41.4 Å². The molecule has 0 saturated carbocycles. The van der Waals surface area contributed by atoms with Gasteiger partial charge >= 0.3 is 0 Å². The molecule has 0 bridgehead atoms. The van der Waals surface area contributed by atoms with Crippen LogP contribution in [-0.2, 0) is 17.8 Å². The van der Waals surface area contributed by atoms with Crippen molar-refractivity contribution in [3.05, 3.63) is 60.0 Å². The van der Waals surface area contributed by atoms with E-state index in [9.17, 15) is 4.79 Å². The third-order valence-electron chi connectivity index (χ3n) is 4.61. The Morgan fingerprint density at radius 1 is 1.15 bits per heavy atom. The number of nitrogens with zero attached hydrogens (tertiary/aromatic N) is 4. The quantitative estimate of drug-likeness (QED) is 0.229. The van der Waals surface area contributed by atoms with Crippen molar-refractivity contribution >= 4 is 34.1 Å². The van der Waals surface area contributed by atoms with Crippen LogP contribution in [0.2, 0.25) is 0 Å². The highest BCUT2D eigenvalue weighted by Crippen LogP contribution is 2.32. The van der Waals surface area contributed by atoms with Gasteiger partial charge in [0.2, 0.25) is 22.8 Å². The van der Waals surface area contributed by atoms with Gasteiger partial charge in [-0.15, -0.1) is 10.2 Å². The molecule has 2 aromatic carbocycles. The van der Waals surface area contributed by atoms with Gasteiger partial charge in [0.25, 0.3) is 0 Å². The summed E-state index contributed by atoms with van der Waals surface area (Å²) in [6, 6.07) is 15.3. The van der Waals surface area contributed by atoms with Crippen LogP contribution in [0.3, 0.4) is 0 Å². The number of aryl methyl sites for hydroxylation is 1. The summed E-state index contributed by atoms with van der Waals surface area (Å²) in [6.07, 6.45) is 0.497. The number of amides is 1. The lowest BCUT2D eigenvalue weighted by Crippen LogP contribution is -2.12. The molecule has 0 aliphatic heterocycles. The maximum Gasteiger partial charge on any atom is 0.227 e. The summed E-state index contributed by atoms with van der Waals surface area (Å²) in [6.45, 7) is 2.47. The number of methoxy groups -OCH3 is 1. The Kier molecular flexibility index (Phi) is 8.10. The Labute approximate surface area is 204 Å². The molecule has 0 atom stereocenters. The number of ether oxygens (including phenoxy) is 2. The molecule has 0 fully saturated rings. The molecule has 0 unspecified atom stereocenters. The average Bonchev–Trinajstić information content (AvgIpc) is 3.52. The molecule has 0 radical (unpaired) electrons. The normalized spacial score (nSPS) is 10.8. The summed E-state index contributed by atoms with van der Waals surface area (Å²) < 4.78 is 17.5. The molecule has 1 amide bonds. The van der Waals surface area contributed by atoms with Crippen molar-refractivity contribution in [2.45, 2.75) is 30.7 Å². The van der Waals surface area contributed by atoms with Gasteiger partial charge in [-0.3, -0.25) is 4.79 Å². The monoisotopic (exact) mass is 497 g/mol. The zero-order valence-corrected chi connectivity index (χ0v) is 20.3. The zero-order valence-electron chi connectivity index (χ0n) is 18.7. The molecule has 9 nitrogen and oxygen atoms in total. The summed E-state index contributed by atoms with van der Waals surface area (Å²) in [4.78, 5) is 16.6. The number of carbonyl (C=O) groups is 1. The van der Waals surface area contributed by atoms with E-state index in [1.165, 1.54) is 11.3 Å². The molecular formula is C23H23N5O4S2. The number of hydrogen-bond donors (Lipinski definition) is 1. The van der Waals surface area contributed by atoms with Crippen LogP contribution >= 0.6 is 23.1 Å².